The van der Waals surface area contributed by atoms with Crippen LogP contribution >= 0.6 is 0 Å². The summed E-state index contributed by atoms with van der Waals surface area (Å²) >= 11 is 0. The fraction of sp³-hybridized carbons (Fsp3) is 0.240. The number of piperazine rings is 1. The first-order valence-electron chi connectivity index (χ1n) is 11.1. The number of nitrogens with zero attached hydrogens (tertiary/aromatic N) is 3. The molecule has 0 bridgehead atoms. The van der Waals surface area contributed by atoms with Gasteiger partial charge in [-0.15, -0.1) is 0 Å². The second-order valence-electron chi connectivity index (χ2n) is 7.97. The number of aromatic amines is 1. The number of ether oxygens (including phenoxy) is 1. The van der Waals surface area contributed by atoms with Crippen LogP contribution in [0.5, 0.6) is 0 Å². The van der Waals surface area contributed by atoms with Gasteiger partial charge in [-0.25, -0.2) is 14.6 Å². The Morgan fingerprint density at radius 3 is 2.56 bits per heavy atom. The van der Waals surface area contributed by atoms with Crippen molar-refractivity contribution in [2.75, 3.05) is 37.7 Å². The maximum Gasteiger partial charge on any atom is 0.407 e. The molecule has 3 heterocycles. The highest BCUT2D eigenvalue weighted by atomic mass is 16.5. The lowest BCUT2D eigenvalue weighted by molar-refractivity contribution is 0.0520. The first kappa shape index (κ1) is 21.6. The molecule has 1 fully saturated rings. The van der Waals surface area contributed by atoms with E-state index >= 15 is 0 Å². The first-order chi connectivity index (χ1) is 16.5. The standard InChI is InChI=1S/C25H24N4O5/c1-2-33-24(30)21-22(34-23(27-21)19-4-3-5-20-18(19)10-11-26-20)16-6-8-17(9-7-16)28-12-14-29(15-13-28)25(31)32/h3-11,26H,2,12-15H2,1H3,(H,31,32). The molecular formula is C25H24N4O5. The molecule has 2 aromatic carbocycles. The number of rotatable bonds is 5. The van der Waals surface area contributed by atoms with Gasteiger partial charge < -0.3 is 29.0 Å². The number of esters is 1. The molecule has 2 N–H and O–H groups in total. The van der Waals surface area contributed by atoms with Gasteiger partial charge in [0.1, 0.15) is 0 Å². The molecule has 5 rings (SSSR count). The SMILES string of the molecule is CCOC(=O)c1nc(-c2cccc3[nH]ccc23)oc1-c1ccc(N2CCN(C(=O)O)CC2)cc1. The average Bonchev–Trinajstić information content (AvgIpc) is 3.52. The molecule has 0 unspecified atom stereocenters. The molecule has 1 aliphatic heterocycles. The van der Waals surface area contributed by atoms with E-state index in [9.17, 15) is 9.59 Å². The highest BCUT2D eigenvalue weighted by molar-refractivity contribution is 5.97. The van der Waals surface area contributed by atoms with Crippen LogP contribution in [0.15, 0.2) is 59.1 Å². The molecule has 1 saturated heterocycles. The van der Waals surface area contributed by atoms with Crippen molar-refractivity contribution < 1.29 is 23.8 Å². The molecular weight excluding hydrogens is 436 g/mol. The number of amides is 1. The van der Waals surface area contributed by atoms with Gasteiger partial charge in [-0.2, -0.15) is 0 Å². The zero-order valence-corrected chi connectivity index (χ0v) is 18.7. The van der Waals surface area contributed by atoms with Gasteiger partial charge in [0.15, 0.2) is 11.5 Å². The fourth-order valence-electron chi connectivity index (χ4n) is 4.22. The van der Waals surface area contributed by atoms with E-state index in [0.717, 1.165) is 22.2 Å². The number of nitrogens with one attached hydrogen (secondary N) is 1. The first-order valence-corrected chi connectivity index (χ1v) is 11.1. The number of carboxylic acid groups (broad SMARTS) is 1. The molecule has 174 valence electrons. The Labute approximate surface area is 195 Å². The number of H-pyrrole nitrogens is 1. The highest BCUT2D eigenvalue weighted by Gasteiger charge is 2.25. The molecule has 0 saturated carbocycles. The van der Waals surface area contributed by atoms with E-state index in [0.29, 0.717) is 43.4 Å². The van der Waals surface area contributed by atoms with Crippen LogP contribution in [0.3, 0.4) is 0 Å². The third kappa shape index (κ3) is 3.96. The molecule has 9 heteroatoms. The van der Waals surface area contributed by atoms with Crippen molar-refractivity contribution in [3.63, 3.8) is 0 Å². The zero-order valence-electron chi connectivity index (χ0n) is 18.7. The van der Waals surface area contributed by atoms with Crippen molar-refractivity contribution in [2.45, 2.75) is 6.92 Å². The van der Waals surface area contributed by atoms with Crippen molar-refractivity contribution in [3.8, 4) is 22.8 Å². The predicted octanol–water partition coefficient (Wildman–Crippen LogP) is 4.47. The summed E-state index contributed by atoms with van der Waals surface area (Å²) in [5.41, 5.74) is 3.54. The lowest BCUT2D eigenvalue weighted by atomic mass is 10.1. The maximum atomic E-state index is 12.7. The van der Waals surface area contributed by atoms with Gasteiger partial charge in [-0.1, -0.05) is 6.07 Å². The molecule has 9 nitrogen and oxygen atoms in total. The van der Waals surface area contributed by atoms with Gasteiger partial charge in [0.05, 0.1) is 6.61 Å². The van der Waals surface area contributed by atoms with Crippen LogP contribution in [0.25, 0.3) is 33.7 Å². The van der Waals surface area contributed by atoms with Crippen LogP contribution in [0.2, 0.25) is 0 Å². The van der Waals surface area contributed by atoms with E-state index in [1.165, 1.54) is 4.90 Å². The third-order valence-corrected chi connectivity index (χ3v) is 5.97. The summed E-state index contributed by atoms with van der Waals surface area (Å²) in [5.74, 6) is 0.156. The Bertz CT molecular complexity index is 1330. The van der Waals surface area contributed by atoms with E-state index in [2.05, 4.69) is 14.9 Å². The zero-order chi connectivity index (χ0) is 23.7. The van der Waals surface area contributed by atoms with E-state index in [4.69, 9.17) is 14.3 Å². The fourth-order valence-corrected chi connectivity index (χ4v) is 4.22. The molecule has 2 aromatic heterocycles. The van der Waals surface area contributed by atoms with Crippen LogP contribution in [0.4, 0.5) is 10.5 Å². The quantitative estimate of drug-likeness (QED) is 0.423. The van der Waals surface area contributed by atoms with Crippen molar-refractivity contribution in [1.29, 1.82) is 0 Å². The molecule has 4 aromatic rings. The molecule has 1 amide bonds. The van der Waals surface area contributed by atoms with Crippen LogP contribution in [0.1, 0.15) is 17.4 Å². The lowest BCUT2D eigenvalue weighted by Gasteiger charge is -2.34. The summed E-state index contributed by atoms with van der Waals surface area (Å²) in [4.78, 5) is 35.1. The number of oxazole rings is 1. The number of carbonyl (C=O) groups is 2. The van der Waals surface area contributed by atoms with E-state index in [1.54, 1.807) is 6.92 Å². The van der Waals surface area contributed by atoms with E-state index in [-0.39, 0.29) is 12.3 Å². The van der Waals surface area contributed by atoms with Crippen LogP contribution in [-0.2, 0) is 4.74 Å². The molecule has 0 radical (unpaired) electrons. The minimum Gasteiger partial charge on any atom is -0.465 e. The summed E-state index contributed by atoms with van der Waals surface area (Å²) in [6, 6.07) is 15.3. The number of hydrogen-bond donors (Lipinski definition) is 2. The van der Waals surface area contributed by atoms with Gasteiger partial charge in [0, 0.05) is 60.1 Å². The lowest BCUT2D eigenvalue weighted by Crippen LogP contribution is -2.48. The van der Waals surface area contributed by atoms with Crippen LogP contribution in [-0.4, -0.2) is 64.8 Å². The smallest absolute Gasteiger partial charge is 0.407 e. The summed E-state index contributed by atoms with van der Waals surface area (Å²) < 4.78 is 11.4. The second-order valence-corrected chi connectivity index (χ2v) is 7.97. The maximum absolute atomic E-state index is 12.7. The number of anilines is 1. The van der Waals surface area contributed by atoms with Crippen molar-refractivity contribution in [3.05, 3.63) is 60.4 Å². The molecule has 0 spiro atoms. The van der Waals surface area contributed by atoms with Gasteiger partial charge >= 0.3 is 12.1 Å². The molecule has 0 aliphatic carbocycles. The molecule has 0 atom stereocenters. The Morgan fingerprint density at radius 1 is 1.09 bits per heavy atom. The Kier molecular flexibility index (Phi) is 5.67. The largest absolute Gasteiger partial charge is 0.465 e. The Morgan fingerprint density at radius 2 is 1.85 bits per heavy atom. The van der Waals surface area contributed by atoms with Crippen molar-refractivity contribution in [1.82, 2.24) is 14.9 Å². The topological polar surface area (TPSA) is 112 Å². The third-order valence-electron chi connectivity index (χ3n) is 5.97. The Hall–Kier alpha value is -4.27. The predicted molar refractivity (Wildman–Crippen MR) is 127 cm³/mol. The van der Waals surface area contributed by atoms with Gasteiger partial charge in [0.25, 0.3) is 0 Å². The molecule has 1 aliphatic rings. The minimum absolute atomic E-state index is 0.132. The van der Waals surface area contributed by atoms with Crippen LogP contribution < -0.4 is 4.90 Å². The summed E-state index contributed by atoms with van der Waals surface area (Å²) in [6.07, 6.45) is 0.956. The summed E-state index contributed by atoms with van der Waals surface area (Å²) in [7, 11) is 0. The van der Waals surface area contributed by atoms with E-state index < -0.39 is 12.1 Å². The number of carbonyl (C=O) groups excluding carboxylic acids is 1. The minimum atomic E-state index is -0.891. The van der Waals surface area contributed by atoms with Gasteiger partial charge in [-0.05, 0) is 49.4 Å². The average molecular weight is 460 g/mol. The van der Waals surface area contributed by atoms with Gasteiger partial charge in [0.2, 0.25) is 5.89 Å². The van der Waals surface area contributed by atoms with E-state index in [1.807, 2.05) is 54.7 Å². The van der Waals surface area contributed by atoms with Crippen molar-refractivity contribution in [2.24, 2.45) is 0 Å². The summed E-state index contributed by atoms with van der Waals surface area (Å²) in [6.45, 7) is 4.13. The van der Waals surface area contributed by atoms with Crippen molar-refractivity contribution >= 4 is 28.7 Å². The Balaban J connectivity index is 1.47. The van der Waals surface area contributed by atoms with Crippen LogP contribution in [0, 0.1) is 0 Å². The summed E-state index contributed by atoms with van der Waals surface area (Å²) in [5, 5.41) is 10.1. The second kappa shape index (κ2) is 8.93. The van der Waals surface area contributed by atoms with Gasteiger partial charge in [-0.3, -0.25) is 0 Å². The molecule has 34 heavy (non-hydrogen) atoms. The normalized spacial score (nSPS) is 13.9. The highest BCUT2D eigenvalue weighted by Crippen LogP contribution is 2.34. The number of hydrogen-bond acceptors (Lipinski definition) is 6. The number of fused-ring (bicyclic) bond motifs is 1. The number of aromatic nitrogens is 2. The number of benzene rings is 2. The monoisotopic (exact) mass is 460 g/mol.